The van der Waals surface area contributed by atoms with Gasteiger partial charge < -0.3 is 83.7 Å². The van der Waals surface area contributed by atoms with Crippen LogP contribution in [0.3, 0.4) is 0 Å². The fourth-order valence-corrected chi connectivity index (χ4v) is 7.09. The van der Waals surface area contributed by atoms with Crippen LogP contribution in [0.25, 0.3) is 0 Å². The van der Waals surface area contributed by atoms with E-state index in [2.05, 4.69) is 16.0 Å². The molecule has 248 valence electrons. The summed E-state index contributed by atoms with van der Waals surface area (Å²) in [6.07, 6.45) is -10.1. The molecule has 17 N–H and O–H groups in total. The van der Waals surface area contributed by atoms with Crippen LogP contribution in [0.1, 0.15) is 25.7 Å². The number of aliphatic hydroxyl groups is 6. The molecule has 17 nitrogen and oxygen atoms in total. The average molecular weight is 620 g/mol. The third-order valence-corrected chi connectivity index (χ3v) is 9.79. The molecule has 0 aromatic heterocycles. The SMILES string of the molecule is NC[C@@H]1C[C@H](O)[C@@H](NC2CNC2)[C@@H](C2[C@@H](N)C[C@@H](NC(=O)C3(O)CC(N)C3)[C@H](O[C@H]3O[C@H](CO)[C@@H](O)[C@H](N)[C@H]3O)[C@H]2O)O1. The molecule has 1 unspecified atom stereocenters. The van der Waals surface area contributed by atoms with Crippen molar-refractivity contribution in [3.05, 3.63) is 0 Å². The zero-order valence-corrected chi connectivity index (χ0v) is 24.0. The Hall–Kier alpha value is -1.13. The van der Waals surface area contributed by atoms with Crippen molar-refractivity contribution in [3.63, 3.8) is 0 Å². The Morgan fingerprint density at radius 3 is 2.30 bits per heavy atom. The highest BCUT2D eigenvalue weighted by Crippen LogP contribution is 2.38. The van der Waals surface area contributed by atoms with Gasteiger partial charge in [0.05, 0.1) is 49.1 Å². The molecule has 5 aliphatic rings. The van der Waals surface area contributed by atoms with Gasteiger partial charge in [-0.05, 0) is 6.42 Å². The van der Waals surface area contributed by atoms with E-state index in [0.29, 0.717) is 13.1 Å². The van der Waals surface area contributed by atoms with Crippen LogP contribution in [0.4, 0.5) is 0 Å². The first-order chi connectivity index (χ1) is 20.4. The smallest absolute Gasteiger partial charge is 0.252 e. The zero-order valence-electron chi connectivity index (χ0n) is 24.0. The minimum atomic E-state index is -1.69. The Balaban J connectivity index is 1.42. The second kappa shape index (κ2) is 13.3. The minimum Gasteiger partial charge on any atom is -0.394 e. The molecular weight excluding hydrogens is 570 g/mol. The molecule has 5 rings (SSSR count). The lowest BCUT2D eigenvalue weighted by Crippen LogP contribution is -2.73. The van der Waals surface area contributed by atoms with Crippen LogP contribution in [-0.2, 0) is 19.0 Å². The van der Waals surface area contributed by atoms with E-state index in [0.717, 1.165) is 0 Å². The molecule has 43 heavy (non-hydrogen) atoms. The molecule has 0 aromatic carbocycles. The number of carbonyl (C=O) groups excluding carboxylic acids is 1. The van der Waals surface area contributed by atoms with E-state index in [1.54, 1.807) is 0 Å². The van der Waals surface area contributed by atoms with Crippen LogP contribution in [0, 0.1) is 5.92 Å². The van der Waals surface area contributed by atoms with E-state index in [1.165, 1.54) is 0 Å². The molecule has 3 saturated heterocycles. The molecule has 3 aliphatic heterocycles. The molecule has 0 aromatic rings. The quantitative estimate of drug-likeness (QED) is 0.114. The number of hydrogen-bond donors (Lipinski definition) is 13. The second-order valence-corrected chi connectivity index (χ2v) is 12.9. The van der Waals surface area contributed by atoms with E-state index in [1.807, 2.05) is 0 Å². The molecule has 0 radical (unpaired) electrons. The maximum Gasteiger partial charge on any atom is 0.252 e. The molecule has 5 fully saturated rings. The van der Waals surface area contributed by atoms with Gasteiger partial charge in [0.2, 0.25) is 0 Å². The van der Waals surface area contributed by atoms with Gasteiger partial charge in [0.15, 0.2) is 6.29 Å². The summed E-state index contributed by atoms with van der Waals surface area (Å²) in [4.78, 5) is 13.1. The average Bonchev–Trinajstić information content (AvgIpc) is 2.92. The van der Waals surface area contributed by atoms with Gasteiger partial charge in [0, 0.05) is 62.9 Å². The van der Waals surface area contributed by atoms with Gasteiger partial charge in [-0.1, -0.05) is 0 Å². The van der Waals surface area contributed by atoms with Gasteiger partial charge in [-0.15, -0.1) is 0 Å². The number of hydrogen-bond acceptors (Lipinski definition) is 16. The van der Waals surface area contributed by atoms with Crippen molar-refractivity contribution < 1.29 is 49.6 Å². The maximum atomic E-state index is 13.1. The monoisotopic (exact) mass is 619 g/mol. The van der Waals surface area contributed by atoms with Crippen LogP contribution >= 0.6 is 0 Å². The summed E-state index contributed by atoms with van der Waals surface area (Å²) >= 11 is 0. The normalized spacial score (nSPS) is 50.9. The first kappa shape index (κ1) is 33.2. The van der Waals surface area contributed by atoms with Crippen molar-refractivity contribution >= 4 is 5.91 Å². The Bertz CT molecular complexity index is 959. The molecule has 3 heterocycles. The Morgan fingerprint density at radius 2 is 1.72 bits per heavy atom. The molecule has 2 aliphatic carbocycles. The number of rotatable bonds is 9. The lowest BCUT2D eigenvalue weighted by molar-refractivity contribution is -0.307. The number of ether oxygens (including phenoxy) is 3. The molecule has 2 saturated carbocycles. The van der Waals surface area contributed by atoms with Crippen LogP contribution in [0.15, 0.2) is 0 Å². The largest absolute Gasteiger partial charge is 0.394 e. The Morgan fingerprint density at radius 1 is 1.02 bits per heavy atom. The Kier molecular flexibility index (Phi) is 10.3. The van der Waals surface area contributed by atoms with Crippen molar-refractivity contribution in [2.45, 2.75) is 123 Å². The molecule has 1 amide bonds. The van der Waals surface area contributed by atoms with Gasteiger partial charge in [-0.2, -0.15) is 0 Å². The predicted octanol–water partition coefficient (Wildman–Crippen LogP) is -7.41. The van der Waals surface area contributed by atoms with Crippen LogP contribution in [-0.4, -0.2) is 160 Å². The maximum absolute atomic E-state index is 13.1. The van der Waals surface area contributed by atoms with E-state index in [9.17, 15) is 35.4 Å². The van der Waals surface area contributed by atoms with E-state index in [4.69, 9.17) is 37.1 Å². The first-order valence-electron chi connectivity index (χ1n) is 15.1. The molecule has 0 spiro atoms. The topological polar surface area (TPSA) is 306 Å². The minimum absolute atomic E-state index is 0.0569. The third-order valence-electron chi connectivity index (χ3n) is 9.79. The van der Waals surface area contributed by atoms with E-state index < -0.39 is 103 Å². The van der Waals surface area contributed by atoms with Gasteiger partial charge in [0.1, 0.15) is 30.0 Å². The van der Waals surface area contributed by atoms with Crippen molar-refractivity contribution in [2.24, 2.45) is 28.9 Å². The molecular formula is C26H49N7O10. The van der Waals surface area contributed by atoms with Crippen LogP contribution in [0.2, 0.25) is 0 Å². The third kappa shape index (κ3) is 6.58. The fourth-order valence-electron chi connectivity index (χ4n) is 7.09. The Labute approximate surface area is 249 Å². The highest BCUT2D eigenvalue weighted by Gasteiger charge is 2.56. The van der Waals surface area contributed by atoms with Crippen molar-refractivity contribution in [3.8, 4) is 0 Å². The summed E-state index contributed by atoms with van der Waals surface area (Å²) in [5.74, 6) is -1.55. The summed E-state index contributed by atoms with van der Waals surface area (Å²) < 4.78 is 18.1. The van der Waals surface area contributed by atoms with Crippen molar-refractivity contribution in [2.75, 3.05) is 26.2 Å². The summed E-state index contributed by atoms with van der Waals surface area (Å²) in [5.41, 5.74) is 22.7. The standard InChI is InChI=1S/C26H49N7O10/c27-5-11-1-14(35)18(32-10-6-31-7-10)23(41-11)16-12(29)2-13(33-25(39)26(40)3-9(28)4-26)22(20(16)37)43-24-21(38)17(30)19(36)15(8-34)42-24/h9-24,31-32,34-38,40H,1-8,27-30H2,(H,33,39)/t9?,11-,12-,13+,14-,15+,16?,17-,18+,19+,20-,21+,22-,23+,24+,26?/m0/s1. The predicted molar refractivity (Wildman–Crippen MR) is 149 cm³/mol. The second-order valence-electron chi connectivity index (χ2n) is 12.9. The summed E-state index contributed by atoms with van der Waals surface area (Å²) in [6, 6.07) is -3.86. The highest BCUT2D eigenvalue weighted by atomic mass is 16.7. The van der Waals surface area contributed by atoms with E-state index >= 15 is 0 Å². The fraction of sp³-hybridized carbons (Fsp3) is 0.962. The first-order valence-corrected chi connectivity index (χ1v) is 15.1. The lowest BCUT2D eigenvalue weighted by Gasteiger charge is -2.53. The number of nitrogens with one attached hydrogen (secondary N) is 3. The van der Waals surface area contributed by atoms with Crippen molar-refractivity contribution in [1.82, 2.24) is 16.0 Å². The number of aliphatic hydroxyl groups excluding tert-OH is 5. The number of nitrogens with two attached hydrogens (primary N) is 4. The highest BCUT2D eigenvalue weighted by molar-refractivity contribution is 5.86. The lowest BCUT2D eigenvalue weighted by atomic mass is 9.70. The van der Waals surface area contributed by atoms with Crippen LogP contribution in [0.5, 0.6) is 0 Å². The summed E-state index contributed by atoms with van der Waals surface area (Å²) in [6.45, 7) is 0.898. The van der Waals surface area contributed by atoms with Crippen LogP contribution < -0.4 is 38.9 Å². The summed E-state index contributed by atoms with van der Waals surface area (Å²) in [5, 5.41) is 73.9. The molecule has 0 bridgehead atoms. The van der Waals surface area contributed by atoms with Gasteiger partial charge in [-0.3, -0.25) is 4.79 Å². The van der Waals surface area contributed by atoms with Gasteiger partial charge in [0.25, 0.3) is 5.91 Å². The van der Waals surface area contributed by atoms with Gasteiger partial charge >= 0.3 is 0 Å². The summed E-state index contributed by atoms with van der Waals surface area (Å²) in [7, 11) is 0. The molecule has 14 atom stereocenters. The number of carbonyl (C=O) groups is 1. The van der Waals surface area contributed by atoms with Crippen molar-refractivity contribution in [1.29, 1.82) is 0 Å². The van der Waals surface area contributed by atoms with Gasteiger partial charge in [-0.25, -0.2) is 0 Å². The van der Waals surface area contributed by atoms with E-state index in [-0.39, 0.29) is 44.3 Å². The number of amides is 1. The zero-order chi connectivity index (χ0) is 31.2. The molecule has 17 heteroatoms.